The largest absolute Gasteiger partial charge is 0.507 e. The lowest BCUT2D eigenvalue weighted by Crippen LogP contribution is -2.05. The number of rotatable bonds is 7. The third-order valence-corrected chi connectivity index (χ3v) is 4.10. The minimum Gasteiger partial charge on any atom is -0.507 e. The minimum absolute atomic E-state index is 0.0288. The molecule has 0 spiro atoms. The Morgan fingerprint density at radius 2 is 1.85 bits per heavy atom. The van der Waals surface area contributed by atoms with Gasteiger partial charge in [0.1, 0.15) is 11.3 Å². The molecule has 1 aromatic rings. The molecule has 0 fully saturated rings. The van der Waals surface area contributed by atoms with Gasteiger partial charge in [0.2, 0.25) is 0 Å². The van der Waals surface area contributed by atoms with Crippen LogP contribution in [0.2, 0.25) is 0 Å². The van der Waals surface area contributed by atoms with Gasteiger partial charge in [-0.2, -0.15) is 0 Å². The summed E-state index contributed by atoms with van der Waals surface area (Å²) in [6, 6.07) is 3.60. The van der Waals surface area contributed by atoms with Gasteiger partial charge in [-0.05, 0) is 41.9 Å². The van der Waals surface area contributed by atoms with Crippen molar-refractivity contribution in [2.45, 2.75) is 65.2 Å². The van der Waals surface area contributed by atoms with E-state index in [0.29, 0.717) is 5.92 Å². The van der Waals surface area contributed by atoms with Gasteiger partial charge in [-0.25, -0.2) is 4.79 Å². The number of hydrogen-bond donors (Lipinski definition) is 2. The van der Waals surface area contributed by atoms with E-state index in [1.165, 1.54) is 0 Å². The first-order chi connectivity index (χ1) is 9.42. The molecule has 0 aliphatic carbocycles. The Balaban J connectivity index is 3.26. The van der Waals surface area contributed by atoms with E-state index in [4.69, 9.17) is 0 Å². The zero-order valence-corrected chi connectivity index (χ0v) is 12.9. The molecule has 0 saturated carbocycles. The van der Waals surface area contributed by atoms with Crippen molar-refractivity contribution in [2.75, 3.05) is 0 Å². The van der Waals surface area contributed by atoms with Gasteiger partial charge in [-0.15, -0.1) is 0 Å². The summed E-state index contributed by atoms with van der Waals surface area (Å²) in [5, 5.41) is 19.5. The van der Waals surface area contributed by atoms with Gasteiger partial charge >= 0.3 is 5.97 Å². The number of benzene rings is 1. The highest BCUT2D eigenvalue weighted by molar-refractivity contribution is 5.91. The lowest BCUT2D eigenvalue weighted by atomic mass is 9.87. The first-order valence-corrected chi connectivity index (χ1v) is 7.52. The van der Waals surface area contributed by atoms with Crippen molar-refractivity contribution in [1.82, 2.24) is 0 Å². The van der Waals surface area contributed by atoms with E-state index in [2.05, 4.69) is 27.7 Å². The number of carboxylic acids is 1. The van der Waals surface area contributed by atoms with E-state index in [0.717, 1.165) is 36.8 Å². The fourth-order valence-corrected chi connectivity index (χ4v) is 2.40. The van der Waals surface area contributed by atoms with E-state index < -0.39 is 5.97 Å². The highest BCUT2D eigenvalue weighted by Gasteiger charge is 2.20. The van der Waals surface area contributed by atoms with Gasteiger partial charge in [0.25, 0.3) is 0 Å². The van der Waals surface area contributed by atoms with Crippen molar-refractivity contribution in [3.63, 3.8) is 0 Å². The number of carboxylic acid groups (broad SMARTS) is 1. The third-order valence-electron chi connectivity index (χ3n) is 4.10. The second-order valence-electron chi connectivity index (χ2n) is 5.66. The Morgan fingerprint density at radius 3 is 2.35 bits per heavy atom. The monoisotopic (exact) mass is 278 g/mol. The summed E-state index contributed by atoms with van der Waals surface area (Å²) in [7, 11) is 0. The van der Waals surface area contributed by atoms with E-state index >= 15 is 0 Å². The Kier molecular flexibility index (Phi) is 6.05. The van der Waals surface area contributed by atoms with Crippen LogP contribution in [0, 0.1) is 0 Å². The van der Waals surface area contributed by atoms with Crippen LogP contribution in [0.25, 0.3) is 0 Å². The molecule has 1 rings (SSSR count). The molecular weight excluding hydrogens is 252 g/mol. The molecule has 2 atom stereocenters. The smallest absolute Gasteiger partial charge is 0.339 e. The fraction of sp³-hybridized carbons (Fsp3) is 0.588. The van der Waals surface area contributed by atoms with Gasteiger partial charge in [-0.1, -0.05) is 46.6 Å². The van der Waals surface area contributed by atoms with Gasteiger partial charge in [0, 0.05) is 0 Å². The van der Waals surface area contributed by atoms with Crippen molar-refractivity contribution >= 4 is 5.97 Å². The van der Waals surface area contributed by atoms with Gasteiger partial charge in [-0.3, -0.25) is 0 Å². The predicted octanol–water partition coefficient (Wildman–Crippen LogP) is 4.90. The van der Waals surface area contributed by atoms with Crippen molar-refractivity contribution in [1.29, 1.82) is 0 Å². The van der Waals surface area contributed by atoms with Crippen LogP contribution in [0.3, 0.4) is 0 Å². The van der Waals surface area contributed by atoms with Crippen molar-refractivity contribution in [3.05, 3.63) is 28.8 Å². The number of aromatic hydroxyl groups is 1. The predicted molar refractivity (Wildman–Crippen MR) is 81.7 cm³/mol. The SMILES string of the molecule is CCCCC(C)c1cc(C(C)CC)cc(C(=O)O)c1O. The molecule has 2 N–H and O–H groups in total. The number of carbonyl (C=O) groups is 1. The highest BCUT2D eigenvalue weighted by Crippen LogP contribution is 2.35. The summed E-state index contributed by atoms with van der Waals surface area (Å²) >= 11 is 0. The molecule has 0 aliphatic heterocycles. The summed E-state index contributed by atoms with van der Waals surface area (Å²) in [6.07, 6.45) is 4.10. The molecule has 0 amide bonds. The summed E-state index contributed by atoms with van der Waals surface area (Å²) in [5.41, 5.74) is 1.80. The maximum absolute atomic E-state index is 11.3. The lowest BCUT2D eigenvalue weighted by molar-refractivity contribution is 0.0693. The molecular formula is C17H26O3. The zero-order valence-electron chi connectivity index (χ0n) is 12.9. The van der Waals surface area contributed by atoms with Crippen LogP contribution in [-0.2, 0) is 0 Å². The topological polar surface area (TPSA) is 57.5 Å². The third kappa shape index (κ3) is 3.75. The van der Waals surface area contributed by atoms with Crippen molar-refractivity contribution in [2.24, 2.45) is 0 Å². The molecule has 20 heavy (non-hydrogen) atoms. The molecule has 3 nitrogen and oxygen atoms in total. The second-order valence-corrected chi connectivity index (χ2v) is 5.66. The molecule has 0 aromatic heterocycles. The fourth-order valence-electron chi connectivity index (χ4n) is 2.40. The Morgan fingerprint density at radius 1 is 1.20 bits per heavy atom. The number of hydrogen-bond acceptors (Lipinski definition) is 2. The van der Waals surface area contributed by atoms with E-state index in [9.17, 15) is 15.0 Å². The van der Waals surface area contributed by atoms with Crippen LogP contribution < -0.4 is 0 Å². The highest BCUT2D eigenvalue weighted by atomic mass is 16.4. The number of unbranched alkanes of at least 4 members (excludes halogenated alkanes) is 1. The summed E-state index contributed by atoms with van der Waals surface area (Å²) in [4.78, 5) is 11.3. The molecule has 1 aromatic carbocycles. The zero-order chi connectivity index (χ0) is 15.3. The molecule has 0 bridgehead atoms. The quantitative estimate of drug-likeness (QED) is 0.746. The van der Waals surface area contributed by atoms with Crippen LogP contribution in [0.1, 0.15) is 86.7 Å². The van der Waals surface area contributed by atoms with Crippen LogP contribution in [0.15, 0.2) is 12.1 Å². The maximum Gasteiger partial charge on any atom is 0.339 e. The van der Waals surface area contributed by atoms with Crippen molar-refractivity contribution < 1.29 is 15.0 Å². The van der Waals surface area contributed by atoms with Crippen LogP contribution >= 0.6 is 0 Å². The first-order valence-electron chi connectivity index (χ1n) is 7.52. The minimum atomic E-state index is -1.06. The maximum atomic E-state index is 11.3. The first kappa shape index (κ1) is 16.5. The van der Waals surface area contributed by atoms with Crippen LogP contribution in [0.5, 0.6) is 5.75 Å². The molecule has 112 valence electrons. The number of phenols is 1. The van der Waals surface area contributed by atoms with Gasteiger partial charge < -0.3 is 10.2 Å². The van der Waals surface area contributed by atoms with Crippen LogP contribution in [-0.4, -0.2) is 16.2 Å². The molecule has 2 unspecified atom stereocenters. The van der Waals surface area contributed by atoms with Crippen molar-refractivity contribution in [3.8, 4) is 5.75 Å². The Hall–Kier alpha value is -1.51. The second kappa shape index (κ2) is 7.32. The average Bonchev–Trinajstić information content (AvgIpc) is 2.43. The molecule has 0 radical (unpaired) electrons. The number of aromatic carboxylic acids is 1. The molecule has 3 heteroatoms. The molecule has 0 heterocycles. The lowest BCUT2D eigenvalue weighted by Gasteiger charge is -2.19. The summed E-state index contributed by atoms with van der Waals surface area (Å²) in [5.74, 6) is -0.646. The van der Waals surface area contributed by atoms with E-state index in [1.54, 1.807) is 6.07 Å². The Labute approximate surface area is 121 Å². The Bertz CT molecular complexity index is 466. The van der Waals surface area contributed by atoms with Gasteiger partial charge in [0.15, 0.2) is 0 Å². The molecule has 0 aliphatic rings. The molecule has 0 saturated heterocycles. The van der Waals surface area contributed by atoms with E-state index in [-0.39, 0.29) is 17.2 Å². The standard InChI is InChI=1S/C17H26O3/c1-5-7-8-12(4)14-9-13(11(3)6-2)10-15(16(14)18)17(19)20/h9-12,18H,5-8H2,1-4H3,(H,19,20). The summed E-state index contributed by atoms with van der Waals surface area (Å²) in [6.45, 7) is 8.35. The van der Waals surface area contributed by atoms with E-state index in [1.807, 2.05) is 6.07 Å². The summed E-state index contributed by atoms with van der Waals surface area (Å²) < 4.78 is 0. The van der Waals surface area contributed by atoms with Crippen LogP contribution in [0.4, 0.5) is 0 Å². The van der Waals surface area contributed by atoms with Gasteiger partial charge in [0.05, 0.1) is 0 Å². The average molecular weight is 278 g/mol. The normalized spacial score (nSPS) is 14.0.